The lowest BCUT2D eigenvalue weighted by atomic mass is 10.0. The Kier molecular flexibility index (Phi) is 6.63. The minimum Gasteiger partial charge on any atom is -0.467 e. The molecule has 1 aromatic heterocycles. The van der Waals surface area contributed by atoms with E-state index in [1.54, 1.807) is 18.2 Å². The molecule has 8 heteroatoms. The first-order chi connectivity index (χ1) is 12.3. The maximum atomic E-state index is 12.0. The van der Waals surface area contributed by atoms with Crippen molar-refractivity contribution in [3.05, 3.63) is 35.0 Å². The van der Waals surface area contributed by atoms with Crippen LogP contribution in [-0.2, 0) is 19.1 Å². The van der Waals surface area contributed by atoms with Crippen molar-refractivity contribution in [3.8, 4) is 0 Å². The molecule has 0 aliphatic heterocycles. The molecule has 0 saturated carbocycles. The van der Waals surface area contributed by atoms with Crippen LogP contribution in [0, 0.1) is 5.92 Å². The second-order valence-corrected chi connectivity index (χ2v) is 6.58. The summed E-state index contributed by atoms with van der Waals surface area (Å²) in [5, 5.41) is 3.66. The van der Waals surface area contributed by atoms with E-state index in [9.17, 15) is 14.4 Å². The normalized spacial score (nSPS) is 12.0. The van der Waals surface area contributed by atoms with E-state index in [0.717, 1.165) is 0 Å². The molecule has 0 saturated heterocycles. The number of halogens is 1. The van der Waals surface area contributed by atoms with Crippen molar-refractivity contribution in [1.29, 1.82) is 0 Å². The highest BCUT2D eigenvalue weighted by molar-refractivity contribution is 6.31. The lowest BCUT2D eigenvalue weighted by Gasteiger charge is -2.18. The number of esters is 2. The van der Waals surface area contributed by atoms with Crippen molar-refractivity contribution in [2.45, 2.75) is 26.3 Å². The molecule has 0 fully saturated rings. The van der Waals surface area contributed by atoms with Crippen molar-refractivity contribution in [2.75, 3.05) is 13.7 Å². The maximum Gasteiger partial charge on any atom is 0.374 e. The first-order valence-electron chi connectivity index (χ1n) is 8.03. The van der Waals surface area contributed by atoms with Crippen LogP contribution in [0.3, 0.4) is 0 Å². The van der Waals surface area contributed by atoms with Crippen molar-refractivity contribution in [2.24, 2.45) is 5.92 Å². The van der Waals surface area contributed by atoms with Crippen molar-refractivity contribution in [1.82, 2.24) is 5.32 Å². The van der Waals surface area contributed by atoms with Crippen LogP contribution in [0.25, 0.3) is 11.0 Å². The van der Waals surface area contributed by atoms with Gasteiger partial charge in [-0.2, -0.15) is 0 Å². The molecule has 1 heterocycles. The fourth-order valence-corrected chi connectivity index (χ4v) is 2.56. The average molecular weight is 382 g/mol. The summed E-state index contributed by atoms with van der Waals surface area (Å²) in [5.41, 5.74) is 0.480. The SMILES string of the molecule is COC(=O)[C@H](CC(C)C)NC(=O)COC(=O)c1cc2cc(Cl)ccc2o1. The summed E-state index contributed by atoms with van der Waals surface area (Å²) >= 11 is 5.88. The van der Waals surface area contributed by atoms with E-state index in [0.29, 0.717) is 22.4 Å². The Balaban J connectivity index is 1.94. The highest BCUT2D eigenvalue weighted by atomic mass is 35.5. The average Bonchev–Trinajstić information content (AvgIpc) is 3.01. The fourth-order valence-electron chi connectivity index (χ4n) is 2.38. The number of fused-ring (bicyclic) bond motifs is 1. The third-order valence-electron chi connectivity index (χ3n) is 3.54. The number of hydrogen-bond acceptors (Lipinski definition) is 6. The summed E-state index contributed by atoms with van der Waals surface area (Å²) in [7, 11) is 1.25. The fraction of sp³-hybridized carbons (Fsp3) is 0.389. The number of rotatable bonds is 7. The zero-order chi connectivity index (χ0) is 19.3. The van der Waals surface area contributed by atoms with Gasteiger partial charge in [0.1, 0.15) is 11.6 Å². The van der Waals surface area contributed by atoms with Gasteiger partial charge >= 0.3 is 11.9 Å². The molecule has 0 aliphatic rings. The molecule has 0 radical (unpaired) electrons. The molecule has 26 heavy (non-hydrogen) atoms. The Morgan fingerprint density at radius 1 is 1.23 bits per heavy atom. The lowest BCUT2D eigenvalue weighted by molar-refractivity contribution is -0.145. The van der Waals surface area contributed by atoms with Gasteiger partial charge in [0.05, 0.1) is 7.11 Å². The lowest BCUT2D eigenvalue weighted by Crippen LogP contribution is -2.44. The molecule has 1 amide bonds. The molecule has 0 bridgehead atoms. The number of methoxy groups -OCH3 is 1. The van der Waals surface area contributed by atoms with Gasteiger partial charge in [0.15, 0.2) is 6.61 Å². The van der Waals surface area contributed by atoms with Gasteiger partial charge in [-0.25, -0.2) is 9.59 Å². The number of carbonyl (C=O) groups is 3. The minimum atomic E-state index is -0.792. The molecule has 7 nitrogen and oxygen atoms in total. The number of furan rings is 1. The molecule has 2 aromatic rings. The van der Waals surface area contributed by atoms with Crippen molar-refractivity contribution >= 4 is 40.4 Å². The summed E-state index contributed by atoms with van der Waals surface area (Å²) in [6, 6.07) is 5.61. The summed E-state index contributed by atoms with van der Waals surface area (Å²) in [4.78, 5) is 35.7. The quantitative estimate of drug-likeness (QED) is 0.741. The number of carbonyl (C=O) groups excluding carboxylic acids is 3. The second kappa shape index (κ2) is 8.71. The summed E-state index contributed by atoms with van der Waals surface area (Å²) in [5.74, 6) is -1.81. The third-order valence-corrected chi connectivity index (χ3v) is 3.78. The van der Waals surface area contributed by atoms with Crippen LogP contribution >= 0.6 is 11.6 Å². The van der Waals surface area contributed by atoms with E-state index in [-0.39, 0.29) is 11.7 Å². The number of amides is 1. The monoisotopic (exact) mass is 381 g/mol. The zero-order valence-electron chi connectivity index (χ0n) is 14.7. The van der Waals surface area contributed by atoms with Gasteiger partial charge in [-0.3, -0.25) is 4.79 Å². The smallest absolute Gasteiger partial charge is 0.374 e. The Hall–Kier alpha value is -2.54. The summed E-state index contributed by atoms with van der Waals surface area (Å²) in [6.45, 7) is 3.29. The number of ether oxygens (including phenoxy) is 2. The number of nitrogens with one attached hydrogen (secondary N) is 1. The molecular formula is C18H20ClNO6. The Bertz CT molecular complexity index is 813. The second-order valence-electron chi connectivity index (χ2n) is 6.14. The molecule has 140 valence electrons. The van der Waals surface area contributed by atoms with Crippen LogP contribution < -0.4 is 5.32 Å². The summed E-state index contributed by atoms with van der Waals surface area (Å²) in [6.07, 6.45) is 0.413. The predicted molar refractivity (Wildman–Crippen MR) is 94.9 cm³/mol. The van der Waals surface area contributed by atoms with Crippen LogP contribution in [0.1, 0.15) is 30.8 Å². The number of hydrogen-bond donors (Lipinski definition) is 1. The molecule has 2 rings (SSSR count). The summed E-state index contributed by atoms with van der Waals surface area (Å²) < 4.78 is 15.0. The van der Waals surface area contributed by atoms with E-state index in [1.165, 1.54) is 13.2 Å². The van der Waals surface area contributed by atoms with Gasteiger partial charge < -0.3 is 19.2 Å². The first-order valence-corrected chi connectivity index (χ1v) is 8.41. The van der Waals surface area contributed by atoms with Gasteiger partial charge in [-0.05, 0) is 36.6 Å². The molecule has 1 N–H and O–H groups in total. The van der Waals surface area contributed by atoms with E-state index in [2.05, 4.69) is 10.1 Å². The predicted octanol–water partition coefficient (Wildman–Crippen LogP) is 2.95. The Labute approximate surface area is 155 Å². The van der Waals surface area contributed by atoms with Crippen LogP contribution in [0.2, 0.25) is 5.02 Å². The van der Waals surface area contributed by atoms with Gasteiger partial charge in [0.2, 0.25) is 5.76 Å². The van der Waals surface area contributed by atoms with Crippen molar-refractivity contribution in [3.63, 3.8) is 0 Å². The zero-order valence-corrected chi connectivity index (χ0v) is 15.5. The Morgan fingerprint density at radius 2 is 1.96 bits per heavy atom. The van der Waals surface area contributed by atoms with E-state index in [1.807, 2.05) is 13.8 Å². The molecule has 0 aliphatic carbocycles. The molecule has 0 unspecified atom stereocenters. The first kappa shape index (κ1) is 19.8. The highest BCUT2D eigenvalue weighted by Crippen LogP contribution is 2.23. The molecule has 0 spiro atoms. The molecule has 1 atom stereocenters. The highest BCUT2D eigenvalue weighted by Gasteiger charge is 2.23. The standard InChI is InChI=1S/C18H20ClNO6/c1-10(2)6-13(17(22)24-3)20-16(21)9-25-18(23)15-8-11-7-12(19)4-5-14(11)26-15/h4-5,7-8,10,13H,6,9H2,1-3H3,(H,20,21)/t13-/m0/s1. The largest absolute Gasteiger partial charge is 0.467 e. The van der Waals surface area contributed by atoms with Crippen LogP contribution in [0.4, 0.5) is 0 Å². The van der Waals surface area contributed by atoms with Crippen LogP contribution in [-0.4, -0.2) is 37.6 Å². The van der Waals surface area contributed by atoms with Gasteiger partial charge in [0, 0.05) is 10.4 Å². The van der Waals surface area contributed by atoms with Gasteiger partial charge in [0.25, 0.3) is 5.91 Å². The van der Waals surface area contributed by atoms with E-state index < -0.39 is 30.5 Å². The van der Waals surface area contributed by atoms with Crippen LogP contribution in [0.5, 0.6) is 0 Å². The van der Waals surface area contributed by atoms with Crippen LogP contribution in [0.15, 0.2) is 28.7 Å². The topological polar surface area (TPSA) is 94.8 Å². The van der Waals surface area contributed by atoms with E-state index in [4.69, 9.17) is 20.8 Å². The third kappa shape index (κ3) is 5.23. The van der Waals surface area contributed by atoms with Gasteiger partial charge in [-0.15, -0.1) is 0 Å². The Morgan fingerprint density at radius 3 is 2.62 bits per heavy atom. The van der Waals surface area contributed by atoms with Crippen molar-refractivity contribution < 1.29 is 28.3 Å². The minimum absolute atomic E-state index is 0.0400. The van der Waals surface area contributed by atoms with Gasteiger partial charge in [-0.1, -0.05) is 25.4 Å². The number of benzene rings is 1. The molecular weight excluding hydrogens is 362 g/mol. The van der Waals surface area contributed by atoms with E-state index >= 15 is 0 Å². The maximum absolute atomic E-state index is 12.0. The molecule has 1 aromatic carbocycles.